The Morgan fingerprint density at radius 2 is 1.84 bits per heavy atom. The molecule has 6 nitrogen and oxygen atoms in total. The minimum atomic E-state index is -0.511. The van der Waals surface area contributed by atoms with Crippen LogP contribution >= 0.6 is 34.5 Å². The average molecular weight is 487 g/mol. The number of carbonyl (C=O) groups is 2. The van der Waals surface area contributed by atoms with Crippen LogP contribution in [0.15, 0.2) is 23.6 Å². The number of nitrogens with zero attached hydrogens (tertiary/aromatic N) is 2. The predicted octanol–water partition coefficient (Wildman–Crippen LogP) is 5.69. The Morgan fingerprint density at radius 3 is 2.39 bits per heavy atom. The number of hydrogen-bond acceptors (Lipinski definition) is 5. The lowest BCUT2D eigenvalue weighted by molar-refractivity contribution is -0.135. The van der Waals surface area contributed by atoms with E-state index < -0.39 is 11.9 Å². The van der Waals surface area contributed by atoms with E-state index in [4.69, 9.17) is 28.9 Å². The van der Waals surface area contributed by atoms with E-state index in [0.717, 1.165) is 12.3 Å². The third-order valence-electron chi connectivity index (χ3n) is 4.02. The number of rotatable bonds is 5. The molecule has 1 saturated heterocycles. The van der Waals surface area contributed by atoms with Gasteiger partial charge in [-0.25, -0.2) is 4.98 Å². The van der Waals surface area contributed by atoms with Crippen LogP contribution in [-0.4, -0.2) is 40.8 Å². The summed E-state index contributed by atoms with van der Waals surface area (Å²) in [6.45, 7) is 11.1. The van der Waals surface area contributed by atoms with Crippen LogP contribution in [0.3, 0.4) is 0 Å². The number of amides is 2. The highest BCUT2D eigenvalue weighted by Crippen LogP contribution is 2.35. The first kappa shape index (κ1) is 27.2. The minimum Gasteiger partial charge on any atom is -0.368 e. The number of carbonyl (C=O) groups excluding carboxylic acids is 2. The maximum atomic E-state index is 12.3. The largest absolute Gasteiger partial charge is 0.368 e. The number of primary amides is 1. The lowest BCUT2D eigenvalue weighted by Crippen LogP contribution is -2.45. The molecule has 172 valence electrons. The highest BCUT2D eigenvalue weighted by molar-refractivity contribution is 7.14. The van der Waals surface area contributed by atoms with Gasteiger partial charge in [0.1, 0.15) is 6.04 Å². The Hall–Kier alpha value is -1.83. The Bertz CT molecular complexity index is 835. The van der Waals surface area contributed by atoms with Gasteiger partial charge in [0.2, 0.25) is 11.8 Å². The Balaban J connectivity index is 0.000000720. The van der Waals surface area contributed by atoms with Crippen LogP contribution in [0.25, 0.3) is 11.3 Å². The quantitative estimate of drug-likeness (QED) is 0.567. The van der Waals surface area contributed by atoms with E-state index in [0.29, 0.717) is 39.4 Å². The highest BCUT2D eigenvalue weighted by atomic mass is 35.5. The lowest BCUT2D eigenvalue weighted by Gasteiger charge is -2.22. The molecule has 0 spiro atoms. The van der Waals surface area contributed by atoms with Crippen molar-refractivity contribution >= 4 is 51.5 Å². The normalized spacial score (nSPS) is 15.0. The van der Waals surface area contributed by atoms with Crippen molar-refractivity contribution in [2.75, 3.05) is 18.4 Å². The van der Waals surface area contributed by atoms with Crippen molar-refractivity contribution < 1.29 is 9.59 Å². The molecule has 0 aliphatic carbocycles. The zero-order valence-corrected chi connectivity index (χ0v) is 21.1. The molecule has 3 rings (SSSR count). The topological polar surface area (TPSA) is 88.3 Å². The van der Waals surface area contributed by atoms with E-state index in [1.807, 2.05) is 19.2 Å². The molecule has 1 fully saturated rings. The van der Waals surface area contributed by atoms with Crippen LogP contribution in [0, 0.1) is 5.92 Å². The molecule has 0 unspecified atom stereocenters. The van der Waals surface area contributed by atoms with Gasteiger partial charge >= 0.3 is 0 Å². The van der Waals surface area contributed by atoms with Crippen molar-refractivity contribution in [3.05, 3.63) is 33.6 Å². The van der Waals surface area contributed by atoms with Gasteiger partial charge < -0.3 is 16.0 Å². The summed E-state index contributed by atoms with van der Waals surface area (Å²) in [7, 11) is 0. The third-order valence-corrected chi connectivity index (χ3v) is 5.45. The molecule has 2 heterocycles. The van der Waals surface area contributed by atoms with E-state index >= 15 is 0 Å². The number of likely N-dealkylation sites (tertiary alicyclic amines) is 1. The van der Waals surface area contributed by atoms with Gasteiger partial charge in [0, 0.05) is 17.5 Å². The summed E-state index contributed by atoms with van der Waals surface area (Å²) in [6, 6.07) is 4.75. The van der Waals surface area contributed by atoms with E-state index in [2.05, 4.69) is 31.1 Å². The maximum absolute atomic E-state index is 12.3. The van der Waals surface area contributed by atoms with Gasteiger partial charge in [0.25, 0.3) is 0 Å². The monoisotopic (exact) mass is 486 g/mol. The third kappa shape index (κ3) is 8.31. The summed E-state index contributed by atoms with van der Waals surface area (Å²) in [6.07, 6.45) is 1.40. The number of aromatic nitrogens is 1. The Kier molecular flexibility index (Phi) is 11.9. The van der Waals surface area contributed by atoms with E-state index in [1.165, 1.54) is 16.2 Å². The van der Waals surface area contributed by atoms with Crippen molar-refractivity contribution in [2.45, 2.75) is 53.5 Å². The second-order valence-electron chi connectivity index (χ2n) is 7.37. The van der Waals surface area contributed by atoms with Crippen molar-refractivity contribution in [1.82, 2.24) is 9.88 Å². The fraction of sp³-hybridized carbons (Fsp3) is 0.500. The number of thiazole rings is 1. The van der Waals surface area contributed by atoms with E-state index in [9.17, 15) is 9.59 Å². The standard InChI is InChI=1S/C16H16Cl2N4O2S.C4H10.C2H6/c17-9-3-1-4-10(18)14(9)11-8-25-16(21-11)20-7-13(23)22-6-2-5-12(22)15(19)24;1-4(2)3;1-2/h1,3-4,8,12H,2,5-7H2,(H2,19,24)(H,20,21);4H,1-3H3;1-2H3/t12-;;/m0../s1. The fourth-order valence-electron chi connectivity index (χ4n) is 2.83. The molecule has 31 heavy (non-hydrogen) atoms. The van der Waals surface area contributed by atoms with Crippen LogP contribution in [0.4, 0.5) is 5.13 Å². The van der Waals surface area contributed by atoms with Crippen LogP contribution in [-0.2, 0) is 9.59 Å². The molecule has 9 heteroatoms. The molecular formula is C22H32Cl2N4O2S. The van der Waals surface area contributed by atoms with Gasteiger partial charge in [-0.05, 0) is 30.9 Å². The molecule has 1 aromatic carbocycles. The van der Waals surface area contributed by atoms with Crippen molar-refractivity contribution in [2.24, 2.45) is 11.7 Å². The van der Waals surface area contributed by atoms with E-state index in [-0.39, 0.29) is 12.5 Å². The Morgan fingerprint density at radius 1 is 1.26 bits per heavy atom. The van der Waals surface area contributed by atoms with Crippen molar-refractivity contribution in [1.29, 1.82) is 0 Å². The van der Waals surface area contributed by atoms with Gasteiger partial charge in [0.15, 0.2) is 5.13 Å². The number of halogens is 2. The van der Waals surface area contributed by atoms with Crippen LogP contribution in [0.5, 0.6) is 0 Å². The SMILES string of the molecule is CC.CC(C)C.NC(=O)[C@@H]1CCCN1C(=O)CNc1nc(-c2c(Cl)cccc2Cl)cs1. The number of anilines is 1. The molecule has 3 N–H and O–H groups in total. The van der Waals surface area contributed by atoms with Crippen molar-refractivity contribution in [3.8, 4) is 11.3 Å². The summed E-state index contributed by atoms with van der Waals surface area (Å²) in [5, 5.41) is 6.42. The van der Waals surface area contributed by atoms with Gasteiger partial charge in [-0.3, -0.25) is 9.59 Å². The van der Waals surface area contributed by atoms with Gasteiger partial charge in [-0.1, -0.05) is 63.9 Å². The van der Waals surface area contributed by atoms with Crippen LogP contribution in [0.2, 0.25) is 10.0 Å². The van der Waals surface area contributed by atoms with Gasteiger partial charge in [-0.2, -0.15) is 0 Å². The Labute approximate surface area is 199 Å². The molecule has 1 atom stereocenters. The fourth-order valence-corrected chi connectivity index (χ4v) is 4.12. The van der Waals surface area contributed by atoms with E-state index in [1.54, 1.807) is 18.2 Å². The predicted molar refractivity (Wildman–Crippen MR) is 132 cm³/mol. The number of hydrogen-bond donors (Lipinski definition) is 2. The summed E-state index contributed by atoms with van der Waals surface area (Å²) in [5.74, 6) is 0.199. The number of benzene rings is 1. The summed E-state index contributed by atoms with van der Waals surface area (Å²) < 4.78 is 0. The zero-order chi connectivity index (χ0) is 23.6. The van der Waals surface area contributed by atoms with Crippen LogP contribution in [0.1, 0.15) is 47.5 Å². The summed E-state index contributed by atoms with van der Waals surface area (Å²) >= 11 is 13.7. The first-order valence-electron chi connectivity index (χ1n) is 10.4. The van der Waals surface area contributed by atoms with Crippen molar-refractivity contribution in [3.63, 3.8) is 0 Å². The molecule has 1 aliphatic rings. The first-order chi connectivity index (χ1) is 14.7. The molecular weight excluding hydrogens is 455 g/mol. The smallest absolute Gasteiger partial charge is 0.242 e. The summed E-state index contributed by atoms with van der Waals surface area (Å²) in [4.78, 5) is 29.6. The van der Waals surface area contributed by atoms with Crippen LogP contribution < -0.4 is 11.1 Å². The average Bonchev–Trinajstić information content (AvgIpc) is 3.37. The molecule has 2 aromatic rings. The molecule has 2 amide bonds. The first-order valence-corrected chi connectivity index (χ1v) is 12.1. The molecule has 0 bridgehead atoms. The molecule has 1 aromatic heterocycles. The molecule has 0 saturated carbocycles. The maximum Gasteiger partial charge on any atom is 0.242 e. The molecule has 1 aliphatic heterocycles. The zero-order valence-electron chi connectivity index (χ0n) is 18.7. The lowest BCUT2D eigenvalue weighted by atomic mass is 10.2. The minimum absolute atomic E-state index is 0.0486. The molecule has 0 radical (unpaired) electrons. The highest BCUT2D eigenvalue weighted by Gasteiger charge is 2.32. The second-order valence-corrected chi connectivity index (χ2v) is 9.04. The van der Waals surface area contributed by atoms with Gasteiger partial charge in [-0.15, -0.1) is 11.3 Å². The second kappa shape index (κ2) is 13.6. The number of nitrogens with one attached hydrogen (secondary N) is 1. The van der Waals surface area contributed by atoms with Gasteiger partial charge in [0.05, 0.1) is 22.3 Å². The summed E-state index contributed by atoms with van der Waals surface area (Å²) in [5.41, 5.74) is 6.65. The number of nitrogens with two attached hydrogens (primary N) is 1.